The second-order valence-corrected chi connectivity index (χ2v) is 8.71. The number of nitrogens with zero attached hydrogens (tertiary/aromatic N) is 1. The lowest BCUT2D eigenvalue weighted by Gasteiger charge is -2.24. The molecule has 0 saturated carbocycles. The molecule has 0 radical (unpaired) electrons. The van der Waals surface area contributed by atoms with Crippen molar-refractivity contribution in [1.29, 1.82) is 0 Å². The molecule has 4 nitrogen and oxygen atoms in total. The van der Waals surface area contributed by atoms with Gasteiger partial charge in [-0.05, 0) is 87.1 Å². The molecular weight excluding hydrogens is 422 g/mol. The van der Waals surface area contributed by atoms with E-state index in [0.717, 1.165) is 34.9 Å². The van der Waals surface area contributed by atoms with Crippen molar-refractivity contribution in [2.24, 2.45) is 0 Å². The monoisotopic (exact) mass is 447 g/mol. The molecule has 0 atom stereocenters. The number of aromatic nitrogens is 1. The van der Waals surface area contributed by atoms with E-state index < -0.39 is 0 Å². The summed E-state index contributed by atoms with van der Waals surface area (Å²) in [4.78, 5) is 4.42. The summed E-state index contributed by atoms with van der Waals surface area (Å²) in [5, 5.41) is 14.7. The molecule has 34 heavy (non-hydrogen) atoms. The van der Waals surface area contributed by atoms with Crippen LogP contribution in [0.25, 0.3) is 32.7 Å². The predicted molar refractivity (Wildman–Crippen MR) is 135 cm³/mol. The molecule has 0 amide bonds. The third kappa shape index (κ3) is 3.76. The lowest BCUT2D eigenvalue weighted by Crippen LogP contribution is -2.07. The number of phenolic OH excluding ortho intramolecular Hbond substituents is 1. The van der Waals surface area contributed by atoms with Gasteiger partial charge in [0.25, 0.3) is 0 Å². The summed E-state index contributed by atoms with van der Waals surface area (Å²) in [6, 6.07) is 24.3. The van der Waals surface area contributed by atoms with Gasteiger partial charge in [-0.1, -0.05) is 42.5 Å². The topological polar surface area (TPSA) is 51.6 Å². The Morgan fingerprint density at radius 1 is 0.794 bits per heavy atom. The third-order valence-corrected chi connectivity index (χ3v) is 6.61. The van der Waals surface area contributed by atoms with E-state index in [9.17, 15) is 5.11 Å². The van der Waals surface area contributed by atoms with Crippen molar-refractivity contribution in [3.8, 4) is 22.6 Å². The molecule has 0 bridgehead atoms. The smallest absolute Gasteiger partial charge is 0.120 e. The highest BCUT2D eigenvalue weighted by molar-refractivity contribution is 6.16. The van der Waals surface area contributed by atoms with Crippen LogP contribution in [0.2, 0.25) is 0 Å². The average molecular weight is 448 g/mol. The zero-order valence-electron chi connectivity index (χ0n) is 18.8. The number of aromatic hydroxyl groups is 1. The van der Waals surface area contributed by atoms with E-state index in [4.69, 9.17) is 9.47 Å². The standard InChI is InChI=1S/C30H25NO3/c32-22-7-10-24-21(16-22)6-9-26-25-12-13-31-18-29(25)28-17-23(8-11-27(28)30(24)26)34-15-14-33-19-20-4-2-1-3-5-20/h1-5,7-8,10-13,16-18,32H,6,9,14-15,19H2. The number of phenols is 1. The molecular formula is C30H25NO3. The first-order valence-electron chi connectivity index (χ1n) is 11.7. The molecule has 0 spiro atoms. The number of hydrogen-bond donors (Lipinski definition) is 1. The second-order valence-electron chi connectivity index (χ2n) is 8.71. The summed E-state index contributed by atoms with van der Waals surface area (Å²) < 4.78 is 11.8. The van der Waals surface area contributed by atoms with E-state index in [1.807, 2.05) is 48.8 Å². The van der Waals surface area contributed by atoms with Crippen molar-refractivity contribution >= 4 is 21.5 Å². The van der Waals surface area contributed by atoms with Crippen LogP contribution in [0.3, 0.4) is 0 Å². The van der Waals surface area contributed by atoms with E-state index in [0.29, 0.717) is 25.6 Å². The van der Waals surface area contributed by atoms with Gasteiger partial charge in [0, 0.05) is 17.8 Å². The number of pyridine rings is 1. The Morgan fingerprint density at radius 2 is 1.71 bits per heavy atom. The maximum absolute atomic E-state index is 10.0. The van der Waals surface area contributed by atoms with Crippen molar-refractivity contribution in [2.75, 3.05) is 13.2 Å². The van der Waals surface area contributed by atoms with Gasteiger partial charge in [0.1, 0.15) is 18.1 Å². The van der Waals surface area contributed by atoms with Gasteiger partial charge in [0.2, 0.25) is 0 Å². The van der Waals surface area contributed by atoms with E-state index >= 15 is 0 Å². The van der Waals surface area contributed by atoms with Crippen molar-refractivity contribution < 1.29 is 14.6 Å². The third-order valence-electron chi connectivity index (χ3n) is 6.61. The highest BCUT2D eigenvalue weighted by Crippen LogP contribution is 2.44. The number of aryl methyl sites for hydroxylation is 2. The Bertz CT molecular complexity index is 1490. The minimum atomic E-state index is 0.321. The van der Waals surface area contributed by atoms with Crippen LogP contribution < -0.4 is 4.74 Å². The van der Waals surface area contributed by atoms with Crippen molar-refractivity contribution in [1.82, 2.24) is 4.98 Å². The van der Waals surface area contributed by atoms with Gasteiger partial charge in [-0.3, -0.25) is 4.98 Å². The summed E-state index contributed by atoms with van der Waals surface area (Å²) in [6.45, 7) is 1.59. The van der Waals surface area contributed by atoms with Crippen LogP contribution in [0.5, 0.6) is 11.5 Å². The highest BCUT2D eigenvalue weighted by atomic mass is 16.5. The Labute approximate surface area is 198 Å². The summed E-state index contributed by atoms with van der Waals surface area (Å²) in [6.07, 6.45) is 5.69. The van der Waals surface area contributed by atoms with Gasteiger partial charge >= 0.3 is 0 Å². The van der Waals surface area contributed by atoms with Crippen molar-refractivity contribution in [3.05, 3.63) is 102 Å². The van der Waals surface area contributed by atoms with Crippen LogP contribution >= 0.6 is 0 Å². The number of ether oxygens (including phenoxy) is 2. The predicted octanol–water partition coefficient (Wildman–Crippen LogP) is 6.45. The lowest BCUT2D eigenvalue weighted by atomic mass is 9.80. The van der Waals surface area contributed by atoms with Crippen LogP contribution in [-0.4, -0.2) is 23.3 Å². The maximum atomic E-state index is 10.0. The largest absolute Gasteiger partial charge is 0.508 e. The molecule has 4 heteroatoms. The Balaban J connectivity index is 1.33. The van der Waals surface area contributed by atoms with Crippen LogP contribution in [0, 0.1) is 0 Å². The van der Waals surface area contributed by atoms with Crippen molar-refractivity contribution in [2.45, 2.75) is 19.4 Å². The number of fused-ring (bicyclic) bond motifs is 8. The molecule has 0 aliphatic heterocycles. The molecule has 0 unspecified atom stereocenters. The summed E-state index contributed by atoms with van der Waals surface area (Å²) >= 11 is 0. The second kappa shape index (κ2) is 8.81. The molecule has 1 aromatic heterocycles. The fraction of sp³-hybridized carbons (Fsp3) is 0.167. The first-order chi connectivity index (χ1) is 16.8. The van der Waals surface area contributed by atoms with Gasteiger partial charge in [-0.25, -0.2) is 0 Å². The average Bonchev–Trinajstić information content (AvgIpc) is 2.88. The van der Waals surface area contributed by atoms with E-state index in [-0.39, 0.29) is 0 Å². The minimum absolute atomic E-state index is 0.321. The highest BCUT2D eigenvalue weighted by Gasteiger charge is 2.22. The van der Waals surface area contributed by atoms with Crippen LogP contribution in [0.4, 0.5) is 0 Å². The number of rotatable bonds is 6. The summed E-state index contributed by atoms with van der Waals surface area (Å²) in [5.41, 5.74) is 6.16. The molecule has 1 N–H and O–H groups in total. The van der Waals surface area contributed by atoms with Crippen molar-refractivity contribution in [3.63, 3.8) is 0 Å². The molecule has 0 fully saturated rings. The molecule has 1 heterocycles. The first kappa shape index (κ1) is 20.7. The van der Waals surface area contributed by atoms with E-state index in [1.54, 1.807) is 6.07 Å². The SMILES string of the molecule is Oc1ccc2c(c1)CCc1c-2c2ccc(OCCOCc3ccccc3)cc2c2cnccc12. The molecule has 1 aliphatic carbocycles. The summed E-state index contributed by atoms with van der Waals surface area (Å²) in [5.74, 6) is 1.14. The van der Waals surface area contributed by atoms with Crippen LogP contribution in [0.1, 0.15) is 16.7 Å². The fourth-order valence-corrected chi connectivity index (χ4v) is 5.06. The molecule has 4 aromatic carbocycles. The Kier molecular flexibility index (Phi) is 5.36. The lowest BCUT2D eigenvalue weighted by molar-refractivity contribution is 0.0890. The van der Waals surface area contributed by atoms with Crippen LogP contribution in [0.15, 0.2) is 85.2 Å². The molecule has 5 aromatic rings. The Morgan fingerprint density at radius 3 is 2.62 bits per heavy atom. The van der Waals surface area contributed by atoms with Gasteiger partial charge < -0.3 is 14.6 Å². The van der Waals surface area contributed by atoms with Gasteiger partial charge in [-0.15, -0.1) is 0 Å². The molecule has 6 rings (SSSR count). The minimum Gasteiger partial charge on any atom is -0.508 e. The summed E-state index contributed by atoms with van der Waals surface area (Å²) in [7, 11) is 0. The molecule has 0 saturated heterocycles. The van der Waals surface area contributed by atoms with Gasteiger partial charge in [0.05, 0.1) is 13.2 Å². The number of benzene rings is 4. The zero-order valence-corrected chi connectivity index (χ0v) is 18.8. The first-order valence-corrected chi connectivity index (χ1v) is 11.7. The van der Waals surface area contributed by atoms with Gasteiger partial charge in [0.15, 0.2) is 0 Å². The fourth-order valence-electron chi connectivity index (χ4n) is 5.06. The van der Waals surface area contributed by atoms with E-state index in [2.05, 4.69) is 35.3 Å². The number of hydrogen-bond acceptors (Lipinski definition) is 4. The molecule has 1 aliphatic rings. The Hall–Kier alpha value is -3.89. The van der Waals surface area contributed by atoms with Crippen LogP contribution in [-0.2, 0) is 24.2 Å². The maximum Gasteiger partial charge on any atom is 0.120 e. The van der Waals surface area contributed by atoms with Gasteiger partial charge in [-0.2, -0.15) is 0 Å². The van der Waals surface area contributed by atoms with E-state index in [1.165, 1.54) is 33.0 Å². The zero-order chi connectivity index (χ0) is 22.9. The quantitative estimate of drug-likeness (QED) is 0.240. The normalized spacial score (nSPS) is 12.5. The molecule has 168 valence electrons.